The zero-order valence-corrected chi connectivity index (χ0v) is 25.8. The van der Waals surface area contributed by atoms with Gasteiger partial charge in [0.2, 0.25) is 12.7 Å². The second kappa shape index (κ2) is 13.7. The number of piperazine rings is 1. The van der Waals surface area contributed by atoms with Crippen LogP contribution in [0.15, 0.2) is 79.3 Å². The first-order valence-corrected chi connectivity index (χ1v) is 14.9. The summed E-state index contributed by atoms with van der Waals surface area (Å²) < 4.78 is 6.23. The molecular formula is C34H40N7O3+. The average molecular weight is 595 g/mol. The first-order valence-electron chi connectivity index (χ1n) is 14.9. The minimum atomic E-state index is -0.178. The number of aromatic nitrogens is 3. The number of ether oxygens (including phenoxy) is 1. The van der Waals surface area contributed by atoms with Gasteiger partial charge in [-0.3, -0.25) is 24.0 Å². The van der Waals surface area contributed by atoms with Crippen LogP contribution < -0.4 is 10.6 Å². The molecule has 44 heavy (non-hydrogen) atoms. The van der Waals surface area contributed by atoms with Crippen LogP contribution in [0.2, 0.25) is 0 Å². The number of pyridine rings is 1. The summed E-state index contributed by atoms with van der Waals surface area (Å²) in [5.74, 6) is 0.0259. The fourth-order valence-electron chi connectivity index (χ4n) is 4.93. The van der Waals surface area contributed by atoms with Crippen LogP contribution in [0.5, 0.6) is 0 Å². The number of anilines is 3. The van der Waals surface area contributed by atoms with Gasteiger partial charge in [0.25, 0.3) is 5.91 Å². The van der Waals surface area contributed by atoms with Crippen molar-refractivity contribution in [3.63, 3.8) is 0 Å². The van der Waals surface area contributed by atoms with E-state index in [-0.39, 0.29) is 17.8 Å². The smallest absolute Gasteiger partial charge is 0.312 e. The van der Waals surface area contributed by atoms with E-state index in [1.165, 1.54) is 0 Å². The molecule has 0 saturated carbocycles. The van der Waals surface area contributed by atoms with Crippen molar-refractivity contribution in [2.24, 2.45) is 5.92 Å². The molecule has 2 aromatic carbocycles. The molecule has 10 heteroatoms. The number of hydrogen-bond donors (Lipinski definition) is 2. The molecule has 0 atom stereocenters. The van der Waals surface area contributed by atoms with Crippen LogP contribution in [0, 0.1) is 12.8 Å². The molecule has 228 valence electrons. The summed E-state index contributed by atoms with van der Waals surface area (Å²) in [4.78, 5) is 40.5. The Balaban J connectivity index is 1.15. The van der Waals surface area contributed by atoms with Gasteiger partial charge in [-0.1, -0.05) is 32.0 Å². The third kappa shape index (κ3) is 8.03. The van der Waals surface area contributed by atoms with Crippen LogP contribution in [0.4, 0.5) is 17.3 Å². The lowest BCUT2D eigenvalue weighted by molar-refractivity contribution is -0.929. The molecule has 3 heterocycles. The van der Waals surface area contributed by atoms with Gasteiger partial charge in [-0.2, -0.15) is 0 Å². The number of rotatable bonds is 10. The first kappa shape index (κ1) is 30.8. The molecule has 5 rings (SSSR count). The molecule has 0 aliphatic carbocycles. The van der Waals surface area contributed by atoms with Gasteiger partial charge in [0, 0.05) is 60.7 Å². The Morgan fingerprint density at radius 1 is 1.02 bits per heavy atom. The summed E-state index contributed by atoms with van der Waals surface area (Å²) in [6, 6.07) is 19.1. The molecule has 0 spiro atoms. The highest BCUT2D eigenvalue weighted by Crippen LogP contribution is 2.25. The average Bonchev–Trinajstić information content (AvgIpc) is 3.03. The summed E-state index contributed by atoms with van der Waals surface area (Å²) >= 11 is 0. The molecule has 0 unspecified atom stereocenters. The molecule has 1 amide bonds. The maximum absolute atomic E-state index is 13.1. The zero-order valence-electron chi connectivity index (χ0n) is 25.8. The number of nitrogens with one attached hydrogen (secondary N) is 2. The van der Waals surface area contributed by atoms with Crippen LogP contribution >= 0.6 is 0 Å². The van der Waals surface area contributed by atoms with Crippen LogP contribution in [0.3, 0.4) is 0 Å². The molecule has 1 aliphatic rings. The Hall–Kier alpha value is -4.67. The monoisotopic (exact) mass is 594 g/mol. The number of quaternary nitrogens is 1. The Morgan fingerprint density at radius 2 is 1.80 bits per heavy atom. The van der Waals surface area contributed by atoms with E-state index in [1.54, 1.807) is 18.6 Å². The van der Waals surface area contributed by atoms with Gasteiger partial charge in [0.05, 0.1) is 31.7 Å². The predicted molar refractivity (Wildman–Crippen MR) is 171 cm³/mol. The van der Waals surface area contributed by atoms with Crippen molar-refractivity contribution >= 4 is 29.2 Å². The van der Waals surface area contributed by atoms with Crippen LogP contribution in [-0.2, 0) is 16.1 Å². The van der Waals surface area contributed by atoms with E-state index in [0.29, 0.717) is 23.9 Å². The Labute approximate surface area is 258 Å². The number of carbonyl (C=O) groups is 2. The van der Waals surface area contributed by atoms with Gasteiger partial charge in [-0.15, -0.1) is 0 Å². The molecule has 10 nitrogen and oxygen atoms in total. The van der Waals surface area contributed by atoms with E-state index in [2.05, 4.69) is 37.5 Å². The minimum Gasteiger partial charge on any atom is -0.415 e. The Bertz CT molecular complexity index is 1580. The summed E-state index contributed by atoms with van der Waals surface area (Å²) in [5.41, 5.74) is 5.88. The van der Waals surface area contributed by atoms with Crippen LogP contribution in [0.1, 0.15) is 35.3 Å². The highest BCUT2D eigenvalue weighted by atomic mass is 16.5. The molecule has 0 bridgehead atoms. The molecule has 1 aliphatic heterocycles. The van der Waals surface area contributed by atoms with Crippen molar-refractivity contribution in [1.29, 1.82) is 0 Å². The van der Waals surface area contributed by atoms with Crippen molar-refractivity contribution in [2.75, 3.05) is 50.6 Å². The third-order valence-corrected chi connectivity index (χ3v) is 7.88. The first-order chi connectivity index (χ1) is 21.2. The number of esters is 1. The highest BCUT2D eigenvalue weighted by Gasteiger charge is 2.30. The lowest BCUT2D eigenvalue weighted by atomic mass is 10.1. The number of hydrogen-bond acceptors (Lipinski definition) is 8. The summed E-state index contributed by atoms with van der Waals surface area (Å²) in [5, 5.41) is 6.29. The summed E-state index contributed by atoms with van der Waals surface area (Å²) in [6.45, 7) is 10.6. The number of carbonyl (C=O) groups excluding carboxylic acids is 2. The lowest BCUT2D eigenvalue weighted by Crippen LogP contribution is -2.58. The van der Waals surface area contributed by atoms with Crippen LogP contribution in [-0.4, -0.2) is 76.2 Å². The SMILES string of the molecule is Cc1ccc(NC(=O)c2ccc(CN3CC[N+](C)(COC(=O)C(C)C)CC3)cc2)cc1Nc1nccc(-c2cccnc2)n1. The topological polar surface area (TPSA) is 109 Å². The molecular weight excluding hydrogens is 554 g/mol. The van der Waals surface area contributed by atoms with Gasteiger partial charge < -0.3 is 15.4 Å². The molecule has 1 saturated heterocycles. The molecule has 2 N–H and O–H groups in total. The molecule has 4 aromatic rings. The van der Waals surface area contributed by atoms with Crippen molar-refractivity contribution in [3.8, 4) is 11.3 Å². The van der Waals surface area contributed by atoms with E-state index < -0.39 is 0 Å². The van der Waals surface area contributed by atoms with Gasteiger partial charge in [0.15, 0.2) is 0 Å². The fourth-order valence-corrected chi connectivity index (χ4v) is 4.93. The third-order valence-electron chi connectivity index (χ3n) is 7.88. The van der Waals surface area contributed by atoms with Gasteiger partial charge >= 0.3 is 5.97 Å². The van der Waals surface area contributed by atoms with Gasteiger partial charge in [0.1, 0.15) is 0 Å². The Morgan fingerprint density at radius 3 is 2.50 bits per heavy atom. The standard InChI is InChI=1S/C34H39N7O3/c1-24(2)33(43)44-23-41(4)18-16-40(17-19-41)22-26-8-10-27(11-9-26)32(42)37-29-12-7-25(3)31(20-29)39-34-36-15-13-30(38-34)28-6-5-14-35-21-28/h5-15,20-21,24H,16-19,22-23H2,1-4H3,(H-,36,37,38,39,42)/p+1. The van der Waals surface area contributed by atoms with E-state index in [1.807, 2.05) is 81.4 Å². The van der Waals surface area contributed by atoms with E-state index in [9.17, 15) is 9.59 Å². The van der Waals surface area contributed by atoms with Crippen molar-refractivity contribution < 1.29 is 18.8 Å². The normalized spacial score (nSPS) is 14.7. The quantitative estimate of drug-likeness (QED) is 0.189. The maximum atomic E-state index is 13.1. The summed E-state index contributed by atoms with van der Waals surface area (Å²) in [7, 11) is 2.14. The maximum Gasteiger partial charge on any atom is 0.312 e. The lowest BCUT2D eigenvalue weighted by Gasteiger charge is -2.41. The summed E-state index contributed by atoms with van der Waals surface area (Å²) in [6.07, 6.45) is 5.19. The number of aryl methyl sites for hydroxylation is 1. The molecule has 0 radical (unpaired) electrons. The number of amides is 1. The second-order valence-electron chi connectivity index (χ2n) is 11.9. The fraction of sp³-hybridized carbons (Fsp3) is 0.324. The van der Waals surface area contributed by atoms with E-state index in [0.717, 1.165) is 65.3 Å². The highest BCUT2D eigenvalue weighted by molar-refractivity contribution is 6.04. The van der Waals surface area contributed by atoms with Crippen LogP contribution in [0.25, 0.3) is 11.3 Å². The minimum absolute atomic E-state index is 0.110. The van der Waals surface area contributed by atoms with E-state index >= 15 is 0 Å². The Kier molecular flexibility index (Phi) is 9.62. The van der Waals surface area contributed by atoms with Crippen molar-refractivity contribution in [2.45, 2.75) is 27.3 Å². The number of likely N-dealkylation sites (N-methyl/N-ethyl adjacent to an activating group) is 1. The zero-order chi connectivity index (χ0) is 31.1. The predicted octanol–water partition coefficient (Wildman–Crippen LogP) is 5.26. The van der Waals surface area contributed by atoms with Gasteiger partial charge in [-0.25, -0.2) is 9.97 Å². The largest absolute Gasteiger partial charge is 0.415 e. The molecule has 1 fully saturated rings. The van der Waals surface area contributed by atoms with Gasteiger partial charge in [-0.05, 0) is 60.5 Å². The van der Waals surface area contributed by atoms with Crippen molar-refractivity contribution in [3.05, 3.63) is 95.9 Å². The van der Waals surface area contributed by atoms with E-state index in [4.69, 9.17) is 4.74 Å². The number of nitrogens with zero attached hydrogens (tertiary/aromatic N) is 5. The second-order valence-corrected chi connectivity index (χ2v) is 11.9. The van der Waals surface area contributed by atoms with Crippen molar-refractivity contribution in [1.82, 2.24) is 19.9 Å². The number of benzene rings is 2. The molecule has 2 aromatic heterocycles.